The third-order valence-corrected chi connectivity index (χ3v) is 2.52. The van der Waals surface area contributed by atoms with E-state index in [9.17, 15) is 4.79 Å². The van der Waals surface area contributed by atoms with E-state index < -0.39 is 12.1 Å². The largest absolute Gasteiger partial charge is 0.497 e. The van der Waals surface area contributed by atoms with Crippen LogP contribution in [-0.2, 0) is 16.0 Å². The van der Waals surface area contributed by atoms with Gasteiger partial charge in [-0.15, -0.1) is 0 Å². The first-order valence-corrected chi connectivity index (χ1v) is 5.73. The summed E-state index contributed by atoms with van der Waals surface area (Å²) in [5.41, 5.74) is 6.46. The number of carbonyl (C=O) groups excluding carboxylic acids is 1. The van der Waals surface area contributed by atoms with E-state index in [1.54, 1.807) is 26.2 Å². The Morgan fingerprint density at radius 1 is 1.39 bits per heavy atom. The normalized spacial score (nSPS) is 11.8. The average molecular weight is 253 g/mol. The SMILES string of the molecule is COC(=O)C(C)Oc1ccc(OC)cc1CCN. The predicted octanol–water partition coefficient (Wildman–Crippen LogP) is 1.14. The van der Waals surface area contributed by atoms with Crippen LogP contribution in [0.2, 0.25) is 0 Å². The third kappa shape index (κ3) is 3.63. The molecule has 0 saturated carbocycles. The smallest absolute Gasteiger partial charge is 0.346 e. The molecule has 1 atom stereocenters. The van der Waals surface area contributed by atoms with Crippen molar-refractivity contribution in [2.45, 2.75) is 19.4 Å². The van der Waals surface area contributed by atoms with Crippen LogP contribution in [0.25, 0.3) is 0 Å². The van der Waals surface area contributed by atoms with E-state index in [1.807, 2.05) is 6.07 Å². The van der Waals surface area contributed by atoms with Crippen molar-refractivity contribution in [3.8, 4) is 11.5 Å². The molecule has 0 aliphatic carbocycles. The Balaban J connectivity index is 2.89. The van der Waals surface area contributed by atoms with Crippen LogP contribution in [0, 0.1) is 0 Å². The number of benzene rings is 1. The van der Waals surface area contributed by atoms with Crippen molar-refractivity contribution >= 4 is 5.97 Å². The van der Waals surface area contributed by atoms with Gasteiger partial charge in [0.1, 0.15) is 11.5 Å². The number of rotatable bonds is 6. The van der Waals surface area contributed by atoms with E-state index in [4.69, 9.17) is 15.2 Å². The molecule has 1 aromatic carbocycles. The summed E-state index contributed by atoms with van der Waals surface area (Å²) in [6.45, 7) is 2.14. The summed E-state index contributed by atoms with van der Waals surface area (Å²) >= 11 is 0. The molecule has 100 valence electrons. The second kappa shape index (κ2) is 6.86. The van der Waals surface area contributed by atoms with Gasteiger partial charge in [-0.2, -0.15) is 0 Å². The molecule has 0 bridgehead atoms. The van der Waals surface area contributed by atoms with Crippen LogP contribution in [0.5, 0.6) is 11.5 Å². The predicted molar refractivity (Wildman–Crippen MR) is 67.9 cm³/mol. The van der Waals surface area contributed by atoms with Gasteiger partial charge in [0.15, 0.2) is 6.10 Å². The lowest BCUT2D eigenvalue weighted by Gasteiger charge is -2.16. The number of hydrogen-bond acceptors (Lipinski definition) is 5. The fourth-order valence-corrected chi connectivity index (χ4v) is 1.55. The van der Waals surface area contributed by atoms with Crippen LogP contribution in [0.4, 0.5) is 0 Å². The van der Waals surface area contributed by atoms with Gasteiger partial charge >= 0.3 is 5.97 Å². The Hall–Kier alpha value is -1.75. The van der Waals surface area contributed by atoms with Gasteiger partial charge in [0, 0.05) is 0 Å². The van der Waals surface area contributed by atoms with Crippen molar-refractivity contribution in [3.05, 3.63) is 23.8 Å². The van der Waals surface area contributed by atoms with Crippen LogP contribution in [0.3, 0.4) is 0 Å². The Morgan fingerprint density at radius 3 is 2.67 bits per heavy atom. The van der Waals surface area contributed by atoms with Gasteiger partial charge in [-0.1, -0.05) is 0 Å². The van der Waals surface area contributed by atoms with Gasteiger partial charge in [0.2, 0.25) is 0 Å². The van der Waals surface area contributed by atoms with E-state index in [0.29, 0.717) is 18.7 Å². The molecule has 1 unspecified atom stereocenters. The van der Waals surface area contributed by atoms with E-state index in [0.717, 1.165) is 11.3 Å². The van der Waals surface area contributed by atoms with Crippen LogP contribution in [-0.4, -0.2) is 32.8 Å². The highest BCUT2D eigenvalue weighted by molar-refractivity contribution is 5.74. The molecule has 0 radical (unpaired) electrons. The van der Waals surface area contributed by atoms with Gasteiger partial charge in [-0.05, 0) is 43.7 Å². The third-order valence-electron chi connectivity index (χ3n) is 2.52. The first-order chi connectivity index (χ1) is 8.62. The highest BCUT2D eigenvalue weighted by Crippen LogP contribution is 2.25. The minimum atomic E-state index is -0.653. The zero-order valence-corrected chi connectivity index (χ0v) is 10.9. The number of methoxy groups -OCH3 is 2. The van der Waals surface area contributed by atoms with Gasteiger partial charge in [0.05, 0.1) is 14.2 Å². The molecule has 0 spiro atoms. The highest BCUT2D eigenvalue weighted by Gasteiger charge is 2.16. The van der Waals surface area contributed by atoms with Crippen molar-refractivity contribution in [1.82, 2.24) is 0 Å². The van der Waals surface area contributed by atoms with Gasteiger partial charge in [-0.25, -0.2) is 4.79 Å². The van der Waals surface area contributed by atoms with Gasteiger partial charge < -0.3 is 19.9 Å². The summed E-state index contributed by atoms with van der Waals surface area (Å²) in [5, 5.41) is 0. The number of hydrogen-bond donors (Lipinski definition) is 1. The summed E-state index contributed by atoms with van der Waals surface area (Å²) in [6, 6.07) is 5.40. The van der Waals surface area contributed by atoms with Crippen LogP contribution >= 0.6 is 0 Å². The zero-order valence-electron chi connectivity index (χ0n) is 10.9. The molecule has 5 nitrogen and oxygen atoms in total. The Morgan fingerprint density at radius 2 is 2.11 bits per heavy atom. The Labute approximate surface area is 107 Å². The maximum atomic E-state index is 11.3. The molecule has 0 aliphatic heterocycles. The van der Waals surface area contributed by atoms with E-state index in [2.05, 4.69) is 4.74 Å². The minimum Gasteiger partial charge on any atom is -0.497 e. The molecule has 1 rings (SSSR count). The number of ether oxygens (including phenoxy) is 3. The van der Waals surface area contributed by atoms with Crippen LogP contribution in [0.1, 0.15) is 12.5 Å². The topological polar surface area (TPSA) is 70.8 Å². The summed E-state index contributed by atoms with van der Waals surface area (Å²) in [7, 11) is 2.93. The molecule has 2 N–H and O–H groups in total. The summed E-state index contributed by atoms with van der Waals surface area (Å²) in [4.78, 5) is 11.3. The summed E-state index contributed by atoms with van der Waals surface area (Å²) in [6.07, 6.45) is 0.000348. The maximum Gasteiger partial charge on any atom is 0.346 e. The maximum absolute atomic E-state index is 11.3. The van der Waals surface area contributed by atoms with Crippen LogP contribution < -0.4 is 15.2 Å². The molecule has 0 aromatic heterocycles. The number of nitrogens with two attached hydrogens (primary N) is 1. The number of esters is 1. The van der Waals surface area contributed by atoms with Crippen molar-refractivity contribution < 1.29 is 19.0 Å². The number of carbonyl (C=O) groups is 1. The first kappa shape index (κ1) is 14.3. The van der Waals surface area contributed by atoms with E-state index in [-0.39, 0.29) is 0 Å². The Bertz CT molecular complexity index is 406. The van der Waals surface area contributed by atoms with Gasteiger partial charge in [0.25, 0.3) is 0 Å². The van der Waals surface area contributed by atoms with E-state index >= 15 is 0 Å². The quantitative estimate of drug-likeness (QED) is 0.770. The fraction of sp³-hybridized carbons (Fsp3) is 0.462. The summed E-state index contributed by atoms with van der Waals surface area (Å²) in [5.74, 6) is 0.945. The molecular formula is C13H19NO4. The molecular weight excluding hydrogens is 234 g/mol. The standard InChI is InChI=1S/C13H19NO4/c1-9(13(15)17-3)18-12-5-4-11(16-2)8-10(12)6-7-14/h4-5,8-9H,6-7,14H2,1-3H3. The minimum absolute atomic E-state index is 0.412. The van der Waals surface area contributed by atoms with Crippen molar-refractivity contribution in [3.63, 3.8) is 0 Å². The first-order valence-electron chi connectivity index (χ1n) is 5.73. The highest BCUT2D eigenvalue weighted by atomic mass is 16.6. The molecule has 0 fully saturated rings. The molecule has 0 amide bonds. The molecule has 5 heteroatoms. The average Bonchev–Trinajstić information content (AvgIpc) is 2.39. The fourth-order valence-electron chi connectivity index (χ4n) is 1.55. The second-order valence-corrected chi connectivity index (χ2v) is 3.80. The zero-order chi connectivity index (χ0) is 13.5. The molecule has 0 aliphatic rings. The lowest BCUT2D eigenvalue weighted by molar-refractivity contribution is -0.147. The van der Waals surface area contributed by atoms with Crippen molar-refractivity contribution in [1.29, 1.82) is 0 Å². The molecule has 18 heavy (non-hydrogen) atoms. The Kier molecular flexibility index (Phi) is 5.45. The van der Waals surface area contributed by atoms with Crippen molar-refractivity contribution in [2.24, 2.45) is 5.73 Å². The van der Waals surface area contributed by atoms with Crippen molar-refractivity contribution in [2.75, 3.05) is 20.8 Å². The van der Waals surface area contributed by atoms with Crippen LogP contribution in [0.15, 0.2) is 18.2 Å². The van der Waals surface area contributed by atoms with Gasteiger partial charge in [-0.3, -0.25) is 0 Å². The second-order valence-electron chi connectivity index (χ2n) is 3.80. The lowest BCUT2D eigenvalue weighted by Crippen LogP contribution is -2.25. The summed E-state index contributed by atoms with van der Waals surface area (Å²) < 4.78 is 15.3. The molecule has 1 aromatic rings. The van der Waals surface area contributed by atoms with E-state index in [1.165, 1.54) is 7.11 Å². The molecule has 0 saturated heterocycles. The molecule has 0 heterocycles. The lowest BCUT2D eigenvalue weighted by atomic mass is 10.1. The monoisotopic (exact) mass is 253 g/mol.